The summed E-state index contributed by atoms with van der Waals surface area (Å²) < 4.78 is 27.1. The van der Waals surface area contributed by atoms with Crippen LogP contribution in [0.4, 0.5) is 8.78 Å². The maximum atomic E-state index is 13.7. The van der Waals surface area contributed by atoms with Gasteiger partial charge in [0.1, 0.15) is 0 Å². The molecule has 1 heterocycles. The van der Waals surface area contributed by atoms with E-state index in [9.17, 15) is 8.78 Å². The molecule has 0 aliphatic carbocycles. The van der Waals surface area contributed by atoms with E-state index in [1.165, 1.54) is 29.7 Å². The minimum absolute atomic E-state index is 0.462. The molecule has 1 atom stereocenters. The second-order valence-corrected chi connectivity index (χ2v) is 9.22. The van der Waals surface area contributed by atoms with Gasteiger partial charge in [-0.1, -0.05) is 69.0 Å². The summed E-state index contributed by atoms with van der Waals surface area (Å²) in [5.74, 6) is -1.20. The predicted molar refractivity (Wildman–Crippen MR) is 133 cm³/mol. The molecule has 3 aromatic rings. The van der Waals surface area contributed by atoms with Gasteiger partial charge in [0.05, 0.1) is 0 Å². The average Bonchev–Trinajstić information content (AvgIpc) is 2.84. The summed E-state index contributed by atoms with van der Waals surface area (Å²) in [6.07, 6.45) is 2.28. The third kappa shape index (κ3) is 5.69. The van der Waals surface area contributed by atoms with Crippen LogP contribution in [0.25, 0.3) is 16.8 Å². The number of piperidine rings is 1. The van der Waals surface area contributed by atoms with Crippen molar-refractivity contribution in [2.24, 2.45) is 0 Å². The SMILES string of the molecule is C=C(c1cccc(-c2ccc(F)c(F)c2)c1)N1CCCC(c2cccc(CNC(C)C)c2)C1. The van der Waals surface area contributed by atoms with Crippen LogP contribution in [0, 0.1) is 11.6 Å². The molecule has 0 spiro atoms. The van der Waals surface area contributed by atoms with Gasteiger partial charge in [-0.15, -0.1) is 0 Å². The molecule has 0 bridgehead atoms. The second kappa shape index (κ2) is 10.3. The maximum absolute atomic E-state index is 13.7. The van der Waals surface area contributed by atoms with Gasteiger partial charge in [0.25, 0.3) is 0 Å². The molecule has 2 nitrogen and oxygen atoms in total. The molecule has 0 radical (unpaired) electrons. The zero-order chi connectivity index (χ0) is 23.4. The Labute approximate surface area is 196 Å². The summed E-state index contributed by atoms with van der Waals surface area (Å²) in [5.41, 5.74) is 6.19. The van der Waals surface area contributed by atoms with Gasteiger partial charge in [-0.05, 0) is 58.9 Å². The Hall–Kier alpha value is -2.98. The fraction of sp³-hybridized carbons (Fsp3) is 0.310. The number of hydrogen-bond acceptors (Lipinski definition) is 2. The van der Waals surface area contributed by atoms with E-state index in [-0.39, 0.29) is 0 Å². The van der Waals surface area contributed by atoms with Gasteiger partial charge < -0.3 is 10.2 Å². The number of hydrogen-bond donors (Lipinski definition) is 1. The van der Waals surface area contributed by atoms with E-state index in [0.29, 0.717) is 17.5 Å². The molecule has 3 aromatic carbocycles. The Kier molecular flexibility index (Phi) is 7.24. The molecule has 1 fully saturated rings. The third-order valence-electron chi connectivity index (χ3n) is 6.39. The molecule has 1 aliphatic heterocycles. The fourth-order valence-electron chi connectivity index (χ4n) is 4.51. The summed E-state index contributed by atoms with van der Waals surface area (Å²) >= 11 is 0. The van der Waals surface area contributed by atoms with Crippen LogP contribution in [0.1, 0.15) is 49.3 Å². The maximum Gasteiger partial charge on any atom is 0.159 e. The molecule has 4 heteroatoms. The average molecular weight is 447 g/mol. The summed E-state index contributed by atoms with van der Waals surface area (Å²) in [5, 5.41) is 3.50. The third-order valence-corrected chi connectivity index (χ3v) is 6.39. The standard InChI is InChI=1S/C29H32F2N2/c1-20(2)32-18-22-7-4-9-24(15-22)27-11-6-14-33(19-27)21(3)23-8-5-10-25(16-23)26-12-13-28(30)29(31)17-26/h4-5,7-10,12-13,15-17,20,27,32H,3,6,11,14,18-19H2,1-2H3. The normalized spacial score (nSPS) is 16.3. The first-order chi connectivity index (χ1) is 15.9. The lowest BCUT2D eigenvalue weighted by atomic mass is 9.89. The quantitative estimate of drug-likeness (QED) is 0.421. The van der Waals surface area contributed by atoms with Crippen LogP contribution in [0.3, 0.4) is 0 Å². The Morgan fingerprint density at radius 2 is 1.79 bits per heavy atom. The molecule has 172 valence electrons. The Morgan fingerprint density at radius 3 is 2.58 bits per heavy atom. The topological polar surface area (TPSA) is 15.3 Å². The first-order valence-corrected chi connectivity index (χ1v) is 11.7. The largest absolute Gasteiger partial charge is 0.371 e. The van der Waals surface area contributed by atoms with Gasteiger partial charge in [0, 0.05) is 37.3 Å². The molecule has 0 saturated carbocycles. The number of rotatable bonds is 7. The van der Waals surface area contributed by atoms with Crippen molar-refractivity contribution in [3.63, 3.8) is 0 Å². The molecular weight excluding hydrogens is 414 g/mol. The van der Waals surface area contributed by atoms with Crippen LogP contribution in [-0.4, -0.2) is 24.0 Å². The molecule has 0 amide bonds. The predicted octanol–water partition coefficient (Wildman–Crippen LogP) is 6.98. The van der Waals surface area contributed by atoms with Crippen molar-refractivity contribution in [3.8, 4) is 11.1 Å². The van der Waals surface area contributed by atoms with Gasteiger partial charge in [-0.25, -0.2) is 8.78 Å². The first kappa shape index (κ1) is 23.2. The Balaban J connectivity index is 1.49. The van der Waals surface area contributed by atoms with E-state index < -0.39 is 11.6 Å². The molecule has 1 saturated heterocycles. The van der Waals surface area contributed by atoms with Gasteiger partial charge in [-0.2, -0.15) is 0 Å². The summed E-state index contributed by atoms with van der Waals surface area (Å²) in [7, 11) is 0. The first-order valence-electron chi connectivity index (χ1n) is 11.7. The minimum Gasteiger partial charge on any atom is -0.371 e. The molecule has 0 aromatic heterocycles. The number of halogens is 2. The van der Waals surface area contributed by atoms with Crippen LogP contribution in [0.2, 0.25) is 0 Å². The highest BCUT2D eigenvalue weighted by Gasteiger charge is 2.23. The van der Waals surface area contributed by atoms with Crippen LogP contribution in [-0.2, 0) is 6.54 Å². The van der Waals surface area contributed by atoms with Crippen molar-refractivity contribution in [2.75, 3.05) is 13.1 Å². The van der Waals surface area contributed by atoms with Gasteiger partial charge in [-0.3, -0.25) is 0 Å². The molecule has 1 N–H and O–H groups in total. The van der Waals surface area contributed by atoms with Crippen LogP contribution in [0.5, 0.6) is 0 Å². The van der Waals surface area contributed by atoms with Crippen molar-refractivity contribution < 1.29 is 8.78 Å². The monoisotopic (exact) mass is 446 g/mol. The smallest absolute Gasteiger partial charge is 0.159 e. The summed E-state index contributed by atoms with van der Waals surface area (Å²) in [6.45, 7) is 11.5. The lowest BCUT2D eigenvalue weighted by molar-refractivity contribution is 0.295. The molecule has 1 aliphatic rings. The Bertz CT molecular complexity index is 1120. The van der Waals surface area contributed by atoms with Gasteiger partial charge in [0.2, 0.25) is 0 Å². The van der Waals surface area contributed by atoms with Crippen LogP contribution in [0.15, 0.2) is 73.3 Å². The van der Waals surface area contributed by atoms with Crippen molar-refractivity contribution in [1.82, 2.24) is 10.2 Å². The molecular formula is C29H32F2N2. The zero-order valence-electron chi connectivity index (χ0n) is 19.5. The second-order valence-electron chi connectivity index (χ2n) is 9.22. The van der Waals surface area contributed by atoms with E-state index in [2.05, 4.69) is 54.9 Å². The van der Waals surface area contributed by atoms with Crippen LogP contribution >= 0.6 is 0 Å². The van der Waals surface area contributed by atoms with Gasteiger partial charge >= 0.3 is 0 Å². The number of nitrogens with zero attached hydrogens (tertiary/aromatic N) is 1. The van der Waals surface area contributed by atoms with Crippen molar-refractivity contribution in [2.45, 2.75) is 45.2 Å². The van der Waals surface area contributed by atoms with Crippen LogP contribution < -0.4 is 5.32 Å². The van der Waals surface area contributed by atoms with E-state index in [0.717, 1.165) is 42.9 Å². The molecule has 1 unspecified atom stereocenters. The lowest BCUT2D eigenvalue weighted by Crippen LogP contribution is -2.33. The van der Waals surface area contributed by atoms with E-state index in [1.807, 2.05) is 24.3 Å². The number of nitrogens with one attached hydrogen (secondary N) is 1. The van der Waals surface area contributed by atoms with Crippen molar-refractivity contribution >= 4 is 5.70 Å². The molecule has 33 heavy (non-hydrogen) atoms. The van der Waals surface area contributed by atoms with Gasteiger partial charge in [0.15, 0.2) is 11.6 Å². The van der Waals surface area contributed by atoms with Crippen molar-refractivity contribution in [1.29, 1.82) is 0 Å². The highest BCUT2D eigenvalue weighted by Crippen LogP contribution is 2.33. The Morgan fingerprint density at radius 1 is 1.00 bits per heavy atom. The fourth-order valence-corrected chi connectivity index (χ4v) is 4.51. The molecule has 4 rings (SSSR count). The highest BCUT2D eigenvalue weighted by atomic mass is 19.2. The summed E-state index contributed by atoms with van der Waals surface area (Å²) in [6, 6.07) is 21.3. The van der Waals surface area contributed by atoms with E-state index >= 15 is 0 Å². The zero-order valence-corrected chi connectivity index (χ0v) is 19.5. The minimum atomic E-state index is -0.832. The highest BCUT2D eigenvalue weighted by molar-refractivity contribution is 5.71. The van der Waals surface area contributed by atoms with E-state index in [1.54, 1.807) is 6.07 Å². The number of benzene rings is 3. The van der Waals surface area contributed by atoms with Crippen molar-refractivity contribution in [3.05, 3.63) is 102 Å². The lowest BCUT2D eigenvalue weighted by Gasteiger charge is -2.36. The van der Waals surface area contributed by atoms with E-state index in [4.69, 9.17) is 0 Å². The number of likely N-dealkylation sites (tertiary alicyclic amines) is 1. The summed E-state index contributed by atoms with van der Waals surface area (Å²) in [4.78, 5) is 2.36.